The van der Waals surface area contributed by atoms with E-state index in [1.165, 1.54) is 10.4 Å². The predicted molar refractivity (Wildman–Crippen MR) is 102 cm³/mol. The van der Waals surface area contributed by atoms with Crippen LogP contribution in [0.15, 0.2) is 59.5 Å². The fourth-order valence-electron chi connectivity index (χ4n) is 2.01. The van der Waals surface area contributed by atoms with E-state index in [1.807, 2.05) is 42.5 Å². The Morgan fingerprint density at radius 3 is 2.22 bits per heavy atom. The second-order valence-electron chi connectivity index (χ2n) is 5.20. The first-order chi connectivity index (χ1) is 11.1. The minimum absolute atomic E-state index is 0.165. The molecule has 3 rings (SSSR count). The van der Waals surface area contributed by atoms with E-state index in [0.717, 1.165) is 21.2 Å². The van der Waals surface area contributed by atoms with Crippen molar-refractivity contribution < 1.29 is 5.11 Å². The van der Waals surface area contributed by atoms with Crippen LogP contribution in [0.4, 0.5) is 0 Å². The Labute approximate surface area is 147 Å². The Morgan fingerprint density at radius 1 is 1.00 bits per heavy atom. The molecule has 0 radical (unpaired) electrons. The lowest BCUT2D eigenvalue weighted by Gasteiger charge is -1.93. The lowest BCUT2D eigenvalue weighted by Crippen LogP contribution is -1.92. The highest BCUT2D eigenvalue weighted by molar-refractivity contribution is 7.80. The minimum Gasteiger partial charge on any atom is -0.396 e. The van der Waals surface area contributed by atoms with Crippen molar-refractivity contribution in [3.05, 3.63) is 70.7 Å². The maximum atomic E-state index is 8.89. The van der Waals surface area contributed by atoms with Crippen LogP contribution in [0.25, 0.3) is 10.6 Å². The van der Waals surface area contributed by atoms with Crippen LogP contribution in [-0.4, -0.2) is 16.7 Å². The highest BCUT2D eigenvalue weighted by Gasteiger charge is 2.08. The highest BCUT2D eigenvalue weighted by Crippen LogP contribution is 2.27. The third kappa shape index (κ3) is 5.50. The molecule has 23 heavy (non-hydrogen) atoms. The van der Waals surface area contributed by atoms with Gasteiger partial charge in [-0.2, -0.15) is 0 Å². The van der Waals surface area contributed by atoms with Gasteiger partial charge in [-0.05, 0) is 26.0 Å². The van der Waals surface area contributed by atoms with E-state index in [4.69, 9.17) is 5.11 Å². The molecule has 0 amide bonds. The van der Waals surface area contributed by atoms with E-state index < -0.39 is 0 Å². The summed E-state index contributed by atoms with van der Waals surface area (Å²) in [5, 5.41) is 9.93. The summed E-state index contributed by atoms with van der Waals surface area (Å²) in [6, 6.07) is 18.2. The van der Waals surface area contributed by atoms with Gasteiger partial charge in [0.2, 0.25) is 0 Å². The molecule has 0 saturated heterocycles. The van der Waals surface area contributed by atoms with E-state index in [2.05, 4.69) is 43.6 Å². The number of aromatic nitrogens is 1. The number of hydrogen-bond acceptors (Lipinski definition) is 4. The van der Waals surface area contributed by atoms with Crippen LogP contribution in [0.2, 0.25) is 0 Å². The van der Waals surface area contributed by atoms with Crippen LogP contribution in [0.3, 0.4) is 0 Å². The first-order valence-corrected chi connectivity index (χ1v) is 8.74. The minimum atomic E-state index is 0.165. The zero-order chi connectivity index (χ0) is 16.7. The zero-order valence-corrected chi connectivity index (χ0v) is 15.1. The van der Waals surface area contributed by atoms with Gasteiger partial charge in [0.1, 0.15) is 5.01 Å². The highest BCUT2D eigenvalue weighted by atomic mass is 32.1. The van der Waals surface area contributed by atoms with Crippen molar-refractivity contribution >= 4 is 24.0 Å². The van der Waals surface area contributed by atoms with E-state index in [0.29, 0.717) is 6.42 Å². The van der Waals surface area contributed by atoms with E-state index in [1.54, 1.807) is 11.3 Å². The van der Waals surface area contributed by atoms with Crippen molar-refractivity contribution in [1.82, 2.24) is 4.98 Å². The molecule has 2 aromatic carbocycles. The van der Waals surface area contributed by atoms with Crippen molar-refractivity contribution in [3.63, 3.8) is 0 Å². The summed E-state index contributed by atoms with van der Waals surface area (Å²) in [5.41, 5.74) is 3.44. The van der Waals surface area contributed by atoms with Gasteiger partial charge >= 0.3 is 0 Å². The zero-order valence-electron chi connectivity index (χ0n) is 13.4. The average Bonchev–Trinajstić information content (AvgIpc) is 2.93. The van der Waals surface area contributed by atoms with Crippen LogP contribution in [0, 0.1) is 13.8 Å². The largest absolute Gasteiger partial charge is 0.396 e. The smallest absolute Gasteiger partial charge is 0.123 e. The van der Waals surface area contributed by atoms with Crippen LogP contribution in [0.1, 0.15) is 16.1 Å². The van der Waals surface area contributed by atoms with Gasteiger partial charge in [-0.1, -0.05) is 48.0 Å². The van der Waals surface area contributed by atoms with E-state index >= 15 is 0 Å². The third-order valence-electron chi connectivity index (χ3n) is 3.30. The SMILES string of the molecule is Cc1ccc(S)cc1.Cc1sc(-c2ccccc2)nc1CCO. The summed E-state index contributed by atoms with van der Waals surface area (Å²) < 4.78 is 0. The summed E-state index contributed by atoms with van der Waals surface area (Å²) >= 11 is 5.82. The Kier molecular flexibility index (Phi) is 6.84. The van der Waals surface area contributed by atoms with Crippen LogP contribution < -0.4 is 0 Å². The van der Waals surface area contributed by atoms with Crippen LogP contribution >= 0.6 is 24.0 Å². The topological polar surface area (TPSA) is 33.1 Å². The number of thiol groups is 1. The number of aliphatic hydroxyl groups excluding tert-OH is 1. The number of thiazole rings is 1. The Morgan fingerprint density at radius 2 is 1.65 bits per heavy atom. The molecule has 0 fully saturated rings. The molecule has 2 nitrogen and oxygen atoms in total. The molecule has 4 heteroatoms. The summed E-state index contributed by atoms with van der Waals surface area (Å²) in [7, 11) is 0. The fraction of sp³-hybridized carbons (Fsp3) is 0.211. The molecule has 0 aliphatic heterocycles. The van der Waals surface area contributed by atoms with Gasteiger partial charge in [0.15, 0.2) is 0 Å². The lowest BCUT2D eigenvalue weighted by molar-refractivity contribution is 0.298. The van der Waals surface area contributed by atoms with Crippen molar-refractivity contribution in [1.29, 1.82) is 0 Å². The molecule has 0 unspecified atom stereocenters. The number of hydrogen-bond donors (Lipinski definition) is 2. The average molecular weight is 344 g/mol. The molecule has 0 aliphatic rings. The number of aliphatic hydroxyl groups is 1. The van der Waals surface area contributed by atoms with Gasteiger partial charge in [-0.15, -0.1) is 24.0 Å². The summed E-state index contributed by atoms with van der Waals surface area (Å²) in [5.74, 6) is 0. The van der Waals surface area contributed by atoms with Crippen LogP contribution in [0.5, 0.6) is 0 Å². The molecule has 3 aromatic rings. The molecule has 1 N–H and O–H groups in total. The molecule has 0 spiro atoms. The molecular weight excluding hydrogens is 322 g/mol. The lowest BCUT2D eigenvalue weighted by atomic mass is 10.2. The molecule has 0 aliphatic carbocycles. The number of nitrogens with zero attached hydrogens (tertiary/aromatic N) is 1. The number of benzene rings is 2. The summed E-state index contributed by atoms with van der Waals surface area (Å²) in [4.78, 5) is 6.75. The van der Waals surface area contributed by atoms with Gasteiger partial charge in [0.25, 0.3) is 0 Å². The Balaban J connectivity index is 0.000000203. The van der Waals surface area contributed by atoms with Gasteiger partial charge in [0.05, 0.1) is 5.69 Å². The number of rotatable bonds is 3. The van der Waals surface area contributed by atoms with Gasteiger partial charge in [-0.25, -0.2) is 4.98 Å². The number of aryl methyl sites for hydroxylation is 2. The summed E-state index contributed by atoms with van der Waals surface area (Å²) in [6.45, 7) is 4.28. The van der Waals surface area contributed by atoms with Crippen LogP contribution in [-0.2, 0) is 6.42 Å². The quantitative estimate of drug-likeness (QED) is 0.661. The fourth-order valence-corrected chi connectivity index (χ4v) is 3.13. The van der Waals surface area contributed by atoms with Gasteiger partial charge < -0.3 is 5.11 Å². The van der Waals surface area contributed by atoms with Gasteiger partial charge in [0, 0.05) is 28.4 Å². The predicted octanol–water partition coefficient (Wildman–Crippen LogP) is 4.94. The van der Waals surface area contributed by atoms with E-state index in [9.17, 15) is 0 Å². The third-order valence-corrected chi connectivity index (χ3v) is 4.66. The molecule has 1 heterocycles. The Bertz CT molecular complexity index is 700. The maximum Gasteiger partial charge on any atom is 0.123 e. The second kappa shape index (κ2) is 8.87. The Hall–Kier alpha value is -1.62. The van der Waals surface area contributed by atoms with Crippen molar-refractivity contribution in [3.8, 4) is 10.6 Å². The van der Waals surface area contributed by atoms with Crippen molar-refractivity contribution in [2.45, 2.75) is 25.2 Å². The normalized spacial score (nSPS) is 10.1. The first-order valence-electron chi connectivity index (χ1n) is 7.48. The molecule has 1 aromatic heterocycles. The van der Waals surface area contributed by atoms with Crippen molar-refractivity contribution in [2.75, 3.05) is 6.61 Å². The summed E-state index contributed by atoms with van der Waals surface area (Å²) in [6.07, 6.45) is 0.648. The first kappa shape index (κ1) is 17.7. The maximum absolute atomic E-state index is 8.89. The second-order valence-corrected chi connectivity index (χ2v) is 6.92. The van der Waals surface area contributed by atoms with E-state index in [-0.39, 0.29) is 6.61 Å². The molecular formula is C19H21NOS2. The molecule has 120 valence electrons. The standard InChI is InChI=1S/C12H13NOS.C7H8S/c1-9-11(7-8-14)13-12(15-9)10-5-3-2-4-6-10;1-6-2-4-7(8)5-3-6/h2-6,14H,7-8H2,1H3;2-5,8H,1H3. The molecule has 0 bridgehead atoms. The molecule has 0 atom stereocenters. The molecule has 0 saturated carbocycles. The van der Waals surface area contributed by atoms with Crippen molar-refractivity contribution in [2.24, 2.45) is 0 Å². The monoisotopic (exact) mass is 343 g/mol. The van der Waals surface area contributed by atoms with Gasteiger partial charge in [-0.3, -0.25) is 0 Å².